The molecule has 2 aliphatic heterocycles. The summed E-state index contributed by atoms with van der Waals surface area (Å²) >= 11 is 0. The summed E-state index contributed by atoms with van der Waals surface area (Å²) in [5.74, 6) is 0. The van der Waals surface area contributed by atoms with Crippen LogP contribution in [0.2, 0.25) is 0 Å². The van der Waals surface area contributed by atoms with E-state index in [9.17, 15) is 0 Å². The number of fused-ring (bicyclic) bond motifs is 14. The lowest BCUT2D eigenvalue weighted by Gasteiger charge is -2.46. The fourth-order valence-electron chi connectivity index (χ4n) is 19.2. The van der Waals surface area contributed by atoms with Crippen molar-refractivity contribution in [3.63, 3.8) is 0 Å². The topological polar surface area (TPSA) is 21.3 Å². The average Bonchev–Trinajstić information content (AvgIpc) is 0.998. The molecule has 3 aromatic heterocycles. The molecule has 18 rings (SSSR count). The molecule has 0 N–H and O–H groups in total. The zero-order valence-electron chi connectivity index (χ0n) is 76.5. The smallest absolute Gasteiger partial charge is 0.252 e. The maximum atomic E-state index is 2.76. The second kappa shape index (κ2) is 27.2. The third-order valence-electron chi connectivity index (χ3n) is 26.6. The highest BCUT2D eigenvalue weighted by Gasteiger charge is 2.46. The Morgan fingerprint density at radius 2 is 0.517 bits per heavy atom. The summed E-state index contributed by atoms with van der Waals surface area (Å²) in [6, 6.07) is 99.2. The predicted octanol–water partition coefficient (Wildman–Crippen LogP) is 30.1. The van der Waals surface area contributed by atoms with E-state index in [4.69, 9.17) is 0 Å². The van der Waals surface area contributed by atoms with Gasteiger partial charge in [0, 0.05) is 83.3 Å². The Morgan fingerprint density at radius 3 is 0.892 bits per heavy atom. The van der Waals surface area contributed by atoms with E-state index in [0.717, 1.165) is 45.3 Å². The molecule has 0 spiro atoms. The summed E-state index contributed by atoms with van der Waals surface area (Å²) in [5, 5.41) is 7.42. The quantitative estimate of drug-likeness (QED) is 0.148. The van der Waals surface area contributed by atoms with Crippen molar-refractivity contribution in [1.82, 2.24) is 13.7 Å². The summed E-state index contributed by atoms with van der Waals surface area (Å²) in [7, 11) is 0. The van der Waals surface area contributed by atoms with Crippen molar-refractivity contribution in [3.05, 3.63) is 299 Å². The molecule has 0 aliphatic carbocycles. The molecule has 2 aliphatic rings. The van der Waals surface area contributed by atoms with Gasteiger partial charge < -0.3 is 23.5 Å². The largest absolute Gasteiger partial charge is 0.311 e. The van der Waals surface area contributed by atoms with Crippen LogP contribution in [0.15, 0.2) is 249 Å². The first-order chi connectivity index (χ1) is 56.2. The Balaban J connectivity index is 1.02. The Labute approximate surface area is 715 Å². The molecular formula is C114H122BN5. The first kappa shape index (κ1) is 80.0. The zero-order chi connectivity index (χ0) is 85.3. The Kier molecular flexibility index (Phi) is 18.1. The van der Waals surface area contributed by atoms with E-state index in [1.807, 2.05) is 0 Å². The van der Waals surface area contributed by atoms with Gasteiger partial charge in [0.05, 0.1) is 44.5 Å². The van der Waals surface area contributed by atoms with Crippen LogP contribution < -0.4 is 26.2 Å². The number of anilines is 6. The van der Waals surface area contributed by atoms with Gasteiger partial charge in [-0.1, -0.05) is 326 Å². The van der Waals surface area contributed by atoms with Gasteiger partial charge in [0.1, 0.15) is 0 Å². The molecule has 0 fully saturated rings. The second-order valence-electron chi connectivity index (χ2n) is 44.5. The lowest BCUT2D eigenvalue weighted by atomic mass is 9.33. The molecule has 0 saturated carbocycles. The van der Waals surface area contributed by atoms with Crippen molar-refractivity contribution in [1.29, 1.82) is 0 Å². The molecular weight excluding hydrogens is 1450 g/mol. The molecule has 120 heavy (non-hydrogen) atoms. The van der Waals surface area contributed by atoms with Crippen LogP contribution in [-0.2, 0) is 48.7 Å². The SMILES string of the molecule is CC(C)(C)c1cc(-c2cc(C(C)(C)C)ccc2N2c3cc(-n4c5ccc(C(C)(C)C)cc5c5cc(C(C)(C)C)ccc54)ccc3B3c4ccc(-n5c6ccccc6c6ccc7c8ccccc8n(-c8ccccc8)c7c65)cc4N(c4ccc(C(C)(C)C)cc4-c4cc(C(C)(C)C)cc(C(C)(C)C)c4)c4cc(C(C)(C)C)cc2c43)cc(C(C)(C)C)c1. The molecule has 0 unspecified atom stereocenters. The number of benzene rings is 13. The molecule has 13 aromatic carbocycles. The van der Waals surface area contributed by atoms with Crippen LogP contribution in [0, 0.1) is 0 Å². The van der Waals surface area contributed by atoms with Crippen molar-refractivity contribution < 1.29 is 0 Å². The molecule has 16 aromatic rings. The van der Waals surface area contributed by atoms with Gasteiger partial charge in [0.15, 0.2) is 0 Å². The summed E-state index contributed by atoms with van der Waals surface area (Å²) in [4.78, 5) is 5.52. The lowest BCUT2D eigenvalue weighted by molar-refractivity contribution is 0.568. The summed E-state index contributed by atoms with van der Waals surface area (Å²) in [6.07, 6.45) is 0. The first-order valence-electron chi connectivity index (χ1n) is 44.0. The van der Waals surface area contributed by atoms with Crippen LogP contribution in [0.4, 0.5) is 34.1 Å². The second-order valence-corrected chi connectivity index (χ2v) is 44.5. The standard InChI is InChI=1S/C114H122BN5/c1-106(2,3)71-41-51-95(87(61-71)69-55-75(110(13,14)15)59-76(56-69)111(16,17)18)119-99-67-81(116-97-53-43-73(108(7,8)9)63-89(97)90-64-74(109(10,11)12)44-54-98(90)116)45-49-91(99)115-92-50-46-82(118-94-40-34-32-38-84(94)86-48-47-85-83-37-31-33-39-93(83)117(104(85)105(86)118)80-35-29-28-30-36-80)68-100(92)120(102-66-79(114(25,26)27)65-101(119)103(102)115)96-52-42-72(107(4,5)6)62-88(96)70-57-77(112(19,20)21)60-78(58-70)113(22,23)24/h28-68H,1-27H3. The van der Waals surface area contributed by atoms with E-state index < -0.39 is 0 Å². The first-order valence-corrected chi connectivity index (χ1v) is 44.0. The van der Waals surface area contributed by atoms with E-state index in [-0.39, 0.29) is 55.4 Å². The van der Waals surface area contributed by atoms with Crippen molar-refractivity contribution in [2.24, 2.45) is 0 Å². The lowest BCUT2D eigenvalue weighted by Crippen LogP contribution is -2.61. The number of hydrogen-bond donors (Lipinski definition) is 0. The number of nitrogens with zero attached hydrogens (tertiary/aromatic N) is 5. The van der Waals surface area contributed by atoms with E-state index in [1.165, 1.54) is 160 Å². The molecule has 0 atom stereocenters. The van der Waals surface area contributed by atoms with Crippen LogP contribution in [0.1, 0.15) is 237 Å². The third kappa shape index (κ3) is 13.3. The van der Waals surface area contributed by atoms with Crippen LogP contribution in [-0.4, -0.2) is 20.4 Å². The van der Waals surface area contributed by atoms with Crippen LogP contribution >= 0.6 is 0 Å². The molecule has 5 heterocycles. The van der Waals surface area contributed by atoms with Gasteiger partial charge in [-0.2, -0.15) is 0 Å². The number of aromatic nitrogens is 3. The molecule has 0 bridgehead atoms. The predicted molar refractivity (Wildman–Crippen MR) is 523 cm³/mol. The van der Waals surface area contributed by atoms with Crippen LogP contribution in [0.3, 0.4) is 0 Å². The van der Waals surface area contributed by atoms with Crippen molar-refractivity contribution in [2.45, 2.75) is 236 Å². The molecule has 0 saturated heterocycles. The molecule has 606 valence electrons. The van der Waals surface area contributed by atoms with Crippen molar-refractivity contribution >= 4 is 123 Å². The van der Waals surface area contributed by atoms with Gasteiger partial charge in [-0.25, -0.2) is 0 Å². The van der Waals surface area contributed by atoms with Crippen molar-refractivity contribution in [2.75, 3.05) is 9.80 Å². The van der Waals surface area contributed by atoms with Gasteiger partial charge in [-0.15, -0.1) is 0 Å². The molecule has 5 nitrogen and oxygen atoms in total. The maximum Gasteiger partial charge on any atom is 0.252 e. The zero-order valence-corrected chi connectivity index (χ0v) is 76.5. The molecule has 0 radical (unpaired) electrons. The van der Waals surface area contributed by atoms with Crippen LogP contribution in [0.25, 0.3) is 105 Å². The number of para-hydroxylation sites is 3. The highest BCUT2D eigenvalue weighted by atomic mass is 15.2. The van der Waals surface area contributed by atoms with E-state index in [0.29, 0.717) is 0 Å². The van der Waals surface area contributed by atoms with Gasteiger partial charge in [-0.05, 0) is 236 Å². The normalized spacial score (nSPS) is 13.9. The average molecular weight is 1570 g/mol. The Bertz CT molecular complexity index is 6760. The summed E-state index contributed by atoms with van der Waals surface area (Å²) in [5.41, 5.74) is 36.4. The van der Waals surface area contributed by atoms with Crippen molar-refractivity contribution in [3.8, 4) is 39.3 Å². The van der Waals surface area contributed by atoms with Crippen LogP contribution in [0.5, 0.6) is 0 Å². The fraction of sp³-hybridized carbons (Fsp3) is 0.316. The van der Waals surface area contributed by atoms with E-state index in [2.05, 4.69) is 459 Å². The third-order valence-corrected chi connectivity index (χ3v) is 26.6. The van der Waals surface area contributed by atoms with Gasteiger partial charge >= 0.3 is 0 Å². The summed E-state index contributed by atoms with van der Waals surface area (Å²) < 4.78 is 7.73. The number of hydrogen-bond acceptors (Lipinski definition) is 2. The fourth-order valence-corrected chi connectivity index (χ4v) is 19.2. The number of rotatable bonds is 7. The van der Waals surface area contributed by atoms with Gasteiger partial charge in [-0.3, -0.25) is 0 Å². The molecule has 6 heteroatoms. The van der Waals surface area contributed by atoms with Gasteiger partial charge in [0.2, 0.25) is 0 Å². The summed E-state index contributed by atoms with van der Waals surface area (Å²) in [6.45, 7) is 64.0. The Morgan fingerprint density at radius 1 is 0.200 bits per heavy atom. The van der Waals surface area contributed by atoms with E-state index >= 15 is 0 Å². The molecule has 0 amide bonds. The minimum absolute atomic E-state index is 0.0636. The van der Waals surface area contributed by atoms with E-state index in [1.54, 1.807) is 0 Å². The maximum absolute atomic E-state index is 2.76. The minimum Gasteiger partial charge on any atom is -0.311 e. The highest BCUT2D eigenvalue weighted by Crippen LogP contribution is 2.54. The monoisotopic (exact) mass is 1570 g/mol. The van der Waals surface area contributed by atoms with Gasteiger partial charge in [0.25, 0.3) is 6.71 Å². The highest BCUT2D eigenvalue weighted by molar-refractivity contribution is 7.00. The minimum atomic E-state index is -0.335. The Hall–Kier alpha value is -11.1.